The third-order valence-electron chi connectivity index (χ3n) is 2.53. The number of sulfonamides is 1. The van der Waals surface area contributed by atoms with E-state index in [1.54, 1.807) is 24.3 Å². The van der Waals surface area contributed by atoms with E-state index in [4.69, 9.17) is 23.2 Å². The van der Waals surface area contributed by atoms with Crippen molar-refractivity contribution in [2.24, 2.45) is 0 Å². The number of anilines is 1. The lowest BCUT2D eigenvalue weighted by molar-refractivity contribution is -0.116. The summed E-state index contributed by atoms with van der Waals surface area (Å²) in [6.45, 7) is -0.268. The number of hydrogen-bond acceptors (Lipinski definition) is 3. The number of rotatable bonds is 7. The van der Waals surface area contributed by atoms with Crippen LogP contribution in [0.3, 0.4) is 0 Å². The van der Waals surface area contributed by atoms with Crippen molar-refractivity contribution in [3.63, 3.8) is 0 Å². The second kappa shape index (κ2) is 7.83. The lowest BCUT2D eigenvalue weighted by atomic mass is 10.3. The summed E-state index contributed by atoms with van der Waals surface area (Å²) in [5.74, 6) is -0.263. The molecular weight excluding hydrogens is 323 g/mol. The van der Waals surface area contributed by atoms with Crippen molar-refractivity contribution in [3.05, 3.63) is 29.3 Å². The Morgan fingerprint density at radius 2 is 2.00 bits per heavy atom. The van der Waals surface area contributed by atoms with Crippen LogP contribution in [0.5, 0.6) is 0 Å². The number of hydrogen-bond donors (Lipinski definition) is 1. The second-order valence-corrected chi connectivity index (χ2v) is 7.12. The normalized spacial score (nSPS) is 11.6. The Morgan fingerprint density at radius 3 is 2.60 bits per heavy atom. The van der Waals surface area contributed by atoms with Crippen molar-refractivity contribution < 1.29 is 13.2 Å². The minimum Gasteiger partial charge on any atom is -0.324 e. The first-order valence-corrected chi connectivity index (χ1v) is 8.43. The van der Waals surface area contributed by atoms with Crippen molar-refractivity contribution in [1.29, 1.82) is 0 Å². The van der Waals surface area contributed by atoms with Gasteiger partial charge in [0.2, 0.25) is 15.9 Å². The van der Waals surface area contributed by atoms with Gasteiger partial charge < -0.3 is 5.32 Å². The van der Waals surface area contributed by atoms with E-state index in [2.05, 4.69) is 5.32 Å². The maximum atomic E-state index is 11.8. The van der Waals surface area contributed by atoms with E-state index in [0.29, 0.717) is 17.1 Å². The zero-order chi connectivity index (χ0) is 15.2. The van der Waals surface area contributed by atoms with Crippen molar-refractivity contribution in [1.82, 2.24) is 4.31 Å². The summed E-state index contributed by atoms with van der Waals surface area (Å²) in [6, 6.07) is 6.74. The van der Waals surface area contributed by atoms with Crippen LogP contribution < -0.4 is 5.32 Å². The zero-order valence-electron chi connectivity index (χ0n) is 11.0. The van der Waals surface area contributed by atoms with E-state index in [1.165, 1.54) is 7.05 Å². The van der Waals surface area contributed by atoms with Gasteiger partial charge in [-0.2, -0.15) is 4.31 Å². The predicted molar refractivity (Wildman–Crippen MR) is 81.8 cm³/mol. The quantitative estimate of drug-likeness (QED) is 0.774. The fraction of sp³-hybridized carbons (Fsp3) is 0.417. The average Bonchev–Trinajstić information content (AvgIpc) is 2.39. The van der Waals surface area contributed by atoms with Crippen LogP contribution in [0.1, 0.15) is 6.42 Å². The molecule has 1 aromatic carbocycles. The minimum absolute atomic E-state index is 0.0770. The summed E-state index contributed by atoms with van der Waals surface area (Å²) >= 11 is 11.4. The Kier molecular flexibility index (Phi) is 6.75. The number of halogens is 2. The minimum atomic E-state index is -3.46. The molecule has 1 aromatic rings. The summed E-state index contributed by atoms with van der Waals surface area (Å²) in [7, 11) is -2.11. The highest BCUT2D eigenvalue weighted by atomic mass is 35.5. The molecule has 0 saturated heterocycles. The van der Waals surface area contributed by atoms with Gasteiger partial charge in [0.1, 0.15) is 0 Å². The van der Waals surface area contributed by atoms with Gasteiger partial charge in [0.15, 0.2) is 0 Å². The van der Waals surface area contributed by atoms with Gasteiger partial charge in [0.25, 0.3) is 0 Å². The first-order valence-electron chi connectivity index (χ1n) is 5.91. The van der Waals surface area contributed by atoms with Crippen LogP contribution in [0.25, 0.3) is 0 Å². The van der Waals surface area contributed by atoms with Gasteiger partial charge in [0, 0.05) is 12.9 Å². The van der Waals surface area contributed by atoms with E-state index < -0.39 is 15.9 Å². The summed E-state index contributed by atoms with van der Waals surface area (Å²) in [5.41, 5.74) is 0.450. The third kappa shape index (κ3) is 5.28. The van der Waals surface area contributed by atoms with Gasteiger partial charge in [0.05, 0.1) is 23.0 Å². The van der Waals surface area contributed by atoms with Gasteiger partial charge in [-0.1, -0.05) is 23.7 Å². The molecule has 0 aromatic heterocycles. The molecule has 0 aliphatic heterocycles. The summed E-state index contributed by atoms with van der Waals surface area (Å²) in [4.78, 5) is 11.8. The molecule has 0 fully saturated rings. The second-order valence-electron chi connectivity index (χ2n) is 4.14. The van der Waals surface area contributed by atoms with Crippen molar-refractivity contribution in [3.8, 4) is 0 Å². The zero-order valence-corrected chi connectivity index (χ0v) is 13.3. The number of benzene rings is 1. The van der Waals surface area contributed by atoms with E-state index in [0.717, 1.165) is 4.31 Å². The van der Waals surface area contributed by atoms with Crippen LogP contribution in [0.2, 0.25) is 5.02 Å². The number of nitrogens with zero attached hydrogens (tertiary/aromatic N) is 1. The lowest BCUT2D eigenvalue weighted by Gasteiger charge is -2.16. The van der Waals surface area contributed by atoms with E-state index in [-0.39, 0.29) is 18.2 Å². The molecule has 8 heteroatoms. The Bertz CT molecular complexity index is 564. The molecule has 0 atom stereocenters. The van der Waals surface area contributed by atoms with Gasteiger partial charge >= 0.3 is 0 Å². The third-order valence-corrected chi connectivity index (χ3v) is 5.01. The van der Waals surface area contributed by atoms with Crippen LogP contribution >= 0.6 is 23.2 Å². The molecule has 0 heterocycles. The molecule has 0 radical (unpaired) electrons. The van der Waals surface area contributed by atoms with Gasteiger partial charge in [-0.05, 0) is 18.6 Å². The molecule has 1 amide bonds. The largest absolute Gasteiger partial charge is 0.324 e. The Balaban J connectivity index is 2.60. The van der Waals surface area contributed by atoms with Gasteiger partial charge in [-0.25, -0.2) is 8.42 Å². The SMILES string of the molecule is CN(CC(=O)Nc1ccccc1Cl)S(=O)(=O)CCCCl. The number of para-hydroxylation sites is 1. The molecular formula is C12H16Cl2N2O3S. The number of alkyl halides is 1. The Hall–Kier alpha value is -0.820. The molecule has 1 rings (SSSR count). The fourth-order valence-electron chi connectivity index (χ4n) is 1.45. The van der Waals surface area contributed by atoms with Crippen LogP contribution in [0, 0.1) is 0 Å². The smallest absolute Gasteiger partial charge is 0.239 e. The predicted octanol–water partition coefficient (Wildman–Crippen LogP) is 2.17. The number of nitrogens with one attached hydrogen (secondary N) is 1. The molecule has 5 nitrogen and oxygen atoms in total. The van der Waals surface area contributed by atoms with Crippen LogP contribution in [-0.4, -0.2) is 43.9 Å². The Morgan fingerprint density at radius 1 is 1.35 bits per heavy atom. The molecule has 1 N–H and O–H groups in total. The van der Waals surface area contributed by atoms with Crippen LogP contribution in [-0.2, 0) is 14.8 Å². The van der Waals surface area contributed by atoms with E-state index >= 15 is 0 Å². The molecule has 0 bridgehead atoms. The standard InChI is InChI=1S/C12H16Cl2N2O3S/c1-16(20(18,19)8-4-7-13)9-12(17)15-11-6-3-2-5-10(11)14/h2-3,5-6H,4,7-9H2,1H3,(H,15,17). The van der Waals surface area contributed by atoms with Crippen LogP contribution in [0.4, 0.5) is 5.69 Å². The topological polar surface area (TPSA) is 66.5 Å². The fourth-order valence-corrected chi connectivity index (χ4v) is 3.06. The highest BCUT2D eigenvalue weighted by molar-refractivity contribution is 7.89. The number of amides is 1. The molecule has 0 spiro atoms. The molecule has 20 heavy (non-hydrogen) atoms. The molecule has 112 valence electrons. The monoisotopic (exact) mass is 338 g/mol. The lowest BCUT2D eigenvalue weighted by Crippen LogP contribution is -2.36. The Labute approximate surface area is 128 Å². The molecule has 0 unspecified atom stereocenters. The van der Waals surface area contributed by atoms with E-state index in [9.17, 15) is 13.2 Å². The molecule has 0 aliphatic carbocycles. The van der Waals surface area contributed by atoms with Crippen molar-refractivity contribution in [2.75, 3.05) is 30.5 Å². The molecule has 0 saturated carbocycles. The number of carbonyl (C=O) groups is 1. The van der Waals surface area contributed by atoms with Crippen molar-refractivity contribution >= 4 is 44.8 Å². The highest BCUT2D eigenvalue weighted by Gasteiger charge is 2.20. The van der Waals surface area contributed by atoms with Crippen LogP contribution in [0.15, 0.2) is 24.3 Å². The van der Waals surface area contributed by atoms with Crippen molar-refractivity contribution in [2.45, 2.75) is 6.42 Å². The van der Waals surface area contributed by atoms with E-state index in [1.807, 2.05) is 0 Å². The summed E-state index contributed by atoms with van der Waals surface area (Å²) < 4.78 is 24.6. The number of carbonyl (C=O) groups excluding carboxylic acids is 1. The summed E-state index contributed by atoms with van der Waals surface area (Å²) in [6.07, 6.45) is 0.348. The first-order chi connectivity index (χ1) is 9.36. The highest BCUT2D eigenvalue weighted by Crippen LogP contribution is 2.20. The number of likely N-dealkylation sites (N-methyl/N-ethyl adjacent to an activating group) is 1. The first kappa shape index (κ1) is 17.2. The average molecular weight is 339 g/mol. The van der Waals surface area contributed by atoms with Gasteiger partial charge in [-0.3, -0.25) is 4.79 Å². The maximum Gasteiger partial charge on any atom is 0.239 e. The molecule has 0 aliphatic rings. The maximum absolute atomic E-state index is 11.8. The summed E-state index contributed by atoms with van der Waals surface area (Å²) in [5, 5.41) is 2.96. The van der Waals surface area contributed by atoms with Gasteiger partial charge in [-0.15, -0.1) is 11.6 Å².